The largest absolute Gasteiger partial charge is 0.317 e. The molecule has 0 atom stereocenters. The molecular weight excluding hydrogens is 126 g/mol. The SMILES string of the molecule is [C-]#[N+]CCc1ccn(C)n1. The molecule has 1 rings (SSSR count). The maximum atomic E-state index is 6.55. The maximum Gasteiger partial charge on any atom is 0.220 e. The van der Waals surface area contributed by atoms with Crippen LogP contribution in [0.2, 0.25) is 0 Å². The van der Waals surface area contributed by atoms with Crippen LogP contribution in [0, 0.1) is 6.57 Å². The van der Waals surface area contributed by atoms with Gasteiger partial charge in [0.1, 0.15) is 0 Å². The first-order valence-electron chi connectivity index (χ1n) is 3.14. The Morgan fingerprint density at radius 3 is 3.10 bits per heavy atom. The molecule has 0 unspecified atom stereocenters. The van der Waals surface area contributed by atoms with Crippen molar-refractivity contribution in [1.82, 2.24) is 9.78 Å². The molecule has 0 aromatic carbocycles. The Balaban J connectivity index is 2.52. The van der Waals surface area contributed by atoms with E-state index in [0.29, 0.717) is 6.54 Å². The van der Waals surface area contributed by atoms with E-state index in [4.69, 9.17) is 6.57 Å². The number of hydrogen-bond donors (Lipinski definition) is 0. The molecule has 0 amide bonds. The minimum absolute atomic E-state index is 0.539. The van der Waals surface area contributed by atoms with E-state index >= 15 is 0 Å². The van der Waals surface area contributed by atoms with Crippen molar-refractivity contribution in [2.24, 2.45) is 7.05 Å². The summed E-state index contributed by atoms with van der Waals surface area (Å²) in [5, 5.41) is 4.12. The molecule has 0 fully saturated rings. The van der Waals surface area contributed by atoms with Gasteiger partial charge >= 0.3 is 0 Å². The van der Waals surface area contributed by atoms with Crippen LogP contribution in [-0.2, 0) is 13.5 Å². The summed E-state index contributed by atoms with van der Waals surface area (Å²) in [6, 6.07) is 1.94. The third kappa shape index (κ3) is 1.59. The lowest BCUT2D eigenvalue weighted by Crippen LogP contribution is -1.92. The Kier molecular flexibility index (Phi) is 2.06. The lowest BCUT2D eigenvalue weighted by Gasteiger charge is -1.85. The quantitative estimate of drug-likeness (QED) is 0.552. The molecule has 0 saturated heterocycles. The summed E-state index contributed by atoms with van der Waals surface area (Å²) >= 11 is 0. The van der Waals surface area contributed by atoms with Gasteiger partial charge in [-0.15, -0.1) is 0 Å². The van der Waals surface area contributed by atoms with Gasteiger partial charge < -0.3 is 4.85 Å². The summed E-state index contributed by atoms with van der Waals surface area (Å²) in [5.74, 6) is 0. The molecule has 1 heterocycles. The van der Waals surface area contributed by atoms with Crippen LogP contribution in [0.25, 0.3) is 4.85 Å². The van der Waals surface area contributed by atoms with Crippen molar-refractivity contribution in [3.63, 3.8) is 0 Å². The van der Waals surface area contributed by atoms with Gasteiger partial charge in [0.05, 0.1) is 12.1 Å². The van der Waals surface area contributed by atoms with E-state index in [2.05, 4.69) is 9.94 Å². The van der Waals surface area contributed by atoms with E-state index in [0.717, 1.165) is 12.1 Å². The highest BCUT2D eigenvalue weighted by molar-refractivity contribution is 4.99. The molecule has 0 N–H and O–H groups in total. The summed E-state index contributed by atoms with van der Waals surface area (Å²) in [6.45, 7) is 7.09. The van der Waals surface area contributed by atoms with Crippen LogP contribution in [0.1, 0.15) is 5.69 Å². The highest BCUT2D eigenvalue weighted by Crippen LogP contribution is 1.94. The molecule has 0 aliphatic carbocycles. The predicted octanol–water partition coefficient (Wildman–Crippen LogP) is 0.882. The Hall–Kier alpha value is -1.30. The van der Waals surface area contributed by atoms with Crippen LogP contribution in [0.4, 0.5) is 0 Å². The first kappa shape index (κ1) is 6.81. The fourth-order valence-corrected chi connectivity index (χ4v) is 0.767. The van der Waals surface area contributed by atoms with Crippen LogP contribution in [0.5, 0.6) is 0 Å². The van der Waals surface area contributed by atoms with E-state index in [-0.39, 0.29) is 0 Å². The zero-order valence-electron chi connectivity index (χ0n) is 5.91. The summed E-state index contributed by atoms with van der Waals surface area (Å²) in [5.41, 5.74) is 0.999. The molecule has 3 nitrogen and oxygen atoms in total. The molecule has 0 bridgehead atoms. The monoisotopic (exact) mass is 135 g/mol. The number of aryl methyl sites for hydroxylation is 1. The van der Waals surface area contributed by atoms with Gasteiger partial charge in [-0.1, -0.05) is 0 Å². The normalized spacial score (nSPS) is 9.20. The van der Waals surface area contributed by atoms with Crippen molar-refractivity contribution in [3.8, 4) is 0 Å². The van der Waals surface area contributed by atoms with Crippen LogP contribution < -0.4 is 0 Å². The van der Waals surface area contributed by atoms with E-state index < -0.39 is 0 Å². The first-order valence-corrected chi connectivity index (χ1v) is 3.14. The minimum atomic E-state index is 0.539. The summed E-state index contributed by atoms with van der Waals surface area (Å²) in [7, 11) is 1.88. The summed E-state index contributed by atoms with van der Waals surface area (Å²) < 4.78 is 1.75. The molecular formula is C7H9N3. The van der Waals surface area contributed by atoms with Crippen molar-refractivity contribution in [2.75, 3.05) is 6.54 Å². The topological polar surface area (TPSA) is 22.2 Å². The second kappa shape index (κ2) is 3.02. The van der Waals surface area contributed by atoms with Crippen LogP contribution >= 0.6 is 0 Å². The van der Waals surface area contributed by atoms with Gasteiger partial charge in [-0.05, 0) is 6.07 Å². The molecule has 0 saturated carbocycles. The van der Waals surface area contributed by atoms with Gasteiger partial charge in [-0.2, -0.15) is 5.10 Å². The van der Waals surface area contributed by atoms with Gasteiger partial charge in [0, 0.05) is 13.2 Å². The van der Waals surface area contributed by atoms with E-state index in [9.17, 15) is 0 Å². The fourth-order valence-electron chi connectivity index (χ4n) is 0.767. The second-order valence-corrected chi connectivity index (χ2v) is 2.11. The first-order chi connectivity index (χ1) is 4.83. The number of rotatable bonds is 2. The molecule has 0 radical (unpaired) electrons. The van der Waals surface area contributed by atoms with Gasteiger partial charge in [-0.3, -0.25) is 4.68 Å². The van der Waals surface area contributed by atoms with Crippen LogP contribution in [0.3, 0.4) is 0 Å². The van der Waals surface area contributed by atoms with Crippen molar-refractivity contribution in [1.29, 1.82) is 0 Å². The third-order valence-electron chi connectivity index (χ3n) is 1.25. The standard InChI is InChI=1S/C7H9N3/c1-8-5-3-7-4-6-10(2)9-7/h4,6H,3,5H2,2H3. The molecule has 0 aliphatic rings. The summed E-state index contributed by atoms with van der Waals surface area (Å²) in [4.78, 5) is 3.24. The van der Waals surface area contributed by atoms with Gasteiger partial charge in [0.25, 0.3) is 0 Å². The van der Waals surface area contributed by atoms with Gasteiger partial charge in [-0.25, -0.2) is 6.57 Å². The maximum absolute atomic E-state index is 6.55. The minimum Gasteiger partial charge on any atom is -0.317 e. The van der Waals surface area contributed by atoms with Crippen molar-refractivity contribution >= 4 is 0 Å². The highest BCUT2D eigenvalue weighted by Gasteiger charge is 1.96. The second-order valence-electron chi connectivity index (χ2n) is 2.11. The highest BCUT2D eigenvalue weighted by atomic mass is 15.2. The van der Waals surface area contributed by atoms with E-state index in [1.165, 1.54) is 0 Å². The lowest BCUT2D eigenvalue weighted by atomic mass is 10.3. The van der Waals surface area contributed by atoms with Crippen molar-refractivity contribution < 1.29 is 0 Å². The molecule has 0 aliphatic heterocycles. The van der Waals surface area contributed by atoms with Crippen molar-refractivity contribution in [2.45, 2.75) is 6.42 Å². The molecule has 3 heteroatoms. The van der Waals surface area contributed by atoms with E-state index in [1.807, 2.05) is 19.3 Å². The predicted molar refractivity (Wildman–Crippen MR) is 38.4 cm³/mol. The average molecular weight is 135 g/mol. The average Bonchev–Trinajstić information content (AvgIpc) is 2.31. The van der Waals surface area contributed by atoms with Gasteiger partial charge in [0.15, 0.2) is 0 Å². The zero-order chi connectivity index (χ0) is 7.40. The Bertz CT molecular complexity index is 244. The Morgan fingerprint density at radius 2 is 2.60 bits per heavy atom. The smallest absolute Gasteiger partial charge is 0.220 e. The molecule has 1 aromatic rings. The number of aromatic nitrogens is 2. The molecule has 52 valence electrons. The van der Waals surface area contributed by atoms with Crippen LogP contribution in [-0.4, -0.2) is 16.3 Å². The van der Waals surface area contributed by atoms with E-state index in [1.54, 1.807) is 4.68 Å². The zero-order valence-corrected chi connectivity index (χ0v) is 5.91. The third-order valence-corrected chi connectivity index (χ3v) is 1.25. The lowest BCUT2D eigenvalue weighted by molar-refractivity contribution is 0.744. The number of hydrogen-bond acceptors (Lipinski definition) is 1. The van der Waals surface area contributed by atoms with Crippen molar-refractivity contribution in [3.05, 3.63) is 29.4 Å². The summed E-state index contributed by atoms with van der Waals surface area (Å²) in [6.07, 6.45) is 2.66. The Labute approximate surface area is 60.1 Å². The fraction of sp³-hybridized carbons (Fsp3) is 0.429. The van der Waals surface area contributed by atoms with Crippen LogP contribution in [0.15, 0.2) is 12.3 Å². The molecule has 0 spiro atoms. The number of nitrogens with zero attached hydrogens (tertiary/aromatic N) is 3. The molecule has 10 heavy (non-hydrogen) atoms. The Morgan fingerprint density at radius 1 is 1.80 bits per heavy atom. The van der Waals surface area contributed by atoms with Gasteiger partial charge in [0.2, 0.25) is 6.54 Å². The molecule has 1 aromatic heterocycles.